The molecular formula is C20H25N5O4. The van der Waals surface area contributed by atoms with Crippen LogP contribution in [0.25, 0.3) is 0 Å². The van der Waals surface area contributed by atoms with Crippen molar-refractivity contribution in [3.63, 3.8) is 0 Å². The number of carbonyl (C=O) groups is 3. The van der Waals surface area contributed by atoms with E-state index in [1.165, 1.54) is 13.3 Å². The minimum atomic E-state index is -0.787. The first kappa shape index (κ1) is 21.8. The van der Waals surface area contributed by atoms with Gasteiger partial charge in [0.15, 0.2) is 0 Å². The Morgan fingerprint density at radius 2 is 1.79 bits per heavy atom. The van der Waals surface area contributed by atoms with Crippen molar-refractivity contribution in [1.82, 2.24) is 15.6 Å². The maximum absolute atomic E-state index is 12.3. The minimum Gasteiger partial charge on any atom is -0.467 e. The summed E-state index contributed by atoms with van der Waals surface area (Å²) < 4.78 is 4.77. The number of carbonyl (C=O) groups excluding carboxylic acids is 3. The van der Waals surface area contributed by atoms with E-state index >= 15 is 0 Å². The summed E-state index contributed by atoms with van der Waals surface area (Å²) >= 11 is 0. The zero-order valence-corrected chi connectivity index (χ0v) is 16.2. The molecule has 0 saturated carbocycles. The first-order valence-corrected chi connectivity index (χ1v) is 9.19. The lowest BCUT2D eigenvalue weighted by Gasteiger charge is -2.16. The van der Waals surface area contributed by atoms with Gasteiger partial charge in [0.2, 0.25) is 0 Å². The first-order chi connectivity index (χ1) is 14.0. The van der Waals surface area contributed by atoms with Gasteiger partial charge in [-0.1, -0.05) is 18.2 Å². The summed E-state index contributed by atoms with van der Waals surface area (Å²) in [6, 6.07) is 11.2. The predicted molar refractivity (Wildman–Crippen MR) is 108 cm³/mol. The number of nitrogens with two attached hydrogens (primary N) is 1. The highest BCUT2D eigenvalue weighted by atomic mass is 16.5. The maximum atomic E-state index is 12.3. The molecule has 1 aromatic carbocycles. The van der Waals surface area contributed by atoms with Gasteiger partial charge >= 0.3 is 5.97 Å². The Labute approximate surface area is 169 Å². The Kier molecular flexibility index (Phi) is 8.58. The molecule has 0 spiro atoms. The molecule has 9 heteroatoms. The molecule has 0 aliphatic carbocycles. The van der Waals surface area contributed by atoms with Crippen molar-refractivity contribution in [2.45, 2.75) is 25.3 Å². The summed E-state index contributed by atoms with van der Waals surface area (Å²) in [5.74, 6) is 4.55. The molecule has 0 aliphatic heterocycles. The van der Waals surface area contributed by atoms with Gasteiger partial charge in [0, 0.05) is 18.3 Å². The lowest BCUT2D eigenvalue weighted by molar-refractivity contribution is -0.143. The normalized spacial score (nSPS) is 11.2. The van der Waals surface area contributed by atoms with Crippen LogP contribution in [-0.2, 0) is 9.53 Å². The van der Waals surface area contributed by atoms with E-state index in [1.54, 1.807) is 36.4 Å². The van der Waals surface area contributed by atoms with Crippen LogP contribution in [0.4, 0.5) is 5.82 Å². The number of anilines is 1. The molecule has 5 N–H and O–H groups in total. The summed E-state index contributed by atoms with van der Waals surface area (Å²) in [7, 11) is 1.27. The number of benzene rings is 1. The van der Waals surface area contributed by atoms with E-state index in [4.69, 9.17) is 10.6 Å². The summed E-state index contributed by atoms with van der Waals surface area (Å²) in [5.41, 5.74) is 3.27. The van der Waals surface area contributed by atoms with Crippen LogP contribution in [0.3, 0.4) is 0 Å². The van der Waals surface area contributed by atoms with E-state index in [9.17, 15) is 14.4 Å². The number of esters is 1. The van der Waals surface area contributed by atoms with Crippen molar-refractivity contribution in [3.8, 4) is 0 Å². The topological polar surface area (TPSA) is 135 Å². The van der Waals surface area contributed by atoms with E-state index in [2.05, 4.69) is 21.0 Å². The van der Waals surface area contributed by atoms with E-state index in [1.807, 2.05) is 6.07 Å². The van der Waals surface area contributed by atoms with Gasteiger partial charge in [0.05, 0.1) is 12.7 Å². The third-order valence-electron chi connectivity index (χ3n) is 4.21. The number of ether oxygens (including phenoxy) is 1. The molecule has 1 atom stereocenters. The molecule has 154 valence electrons. The Hall–Kier alpha value is -3.46. The largest absolute Gasteiger partial charge is 0.467 e. The Morgan fingerprint density at radius 1 is 1.03 bits per heavy atom. The molecule has 0 saturated heterocycles. The van der Waals surface area contributed by atoms with Gasteiger partial charge in [-0.05, 0) is 43.5 Å². The van der Waals surface area contributed by atoms with Crippen molar-refractivity contribution in [2.75, 3.05) is 19.1 Å². The number of hydrogen-bond donors (Lipinski definition) is 4. The van der Waals surface area contributed by atoms with Crippen LogP contribution in [0.2, 0.25) is 0 Å². The number of pyridine rings is 1. The monoisotopic (exact) mass is 399 g/mol. The second-order valence-electron chi connectivity index (χ2n) is 6.24. The van der Waals surface area contributed by atoms with Crippen LogP contribution < -0.4 is 21.9 Å². The molecule has 1 aromatic heterocycles. The third-order valence-corrected chi connectivity index (χ3v) is 4.21. The van der Waals surface area contributed by atoms with Crippen LogP contribution in [0.1, 0.15) is 40.0 Å². The quantitative estimate of drug-likeness (QED) is 0.204. The molecule has 0 radical (unpaired) electrons. The summed E-state index contributed by atoms with van der Waals surface area (Å²) in [6.45, 7) is 0.465. The molecule has 1 heterocycles. The zero-order chi connectivity index (χ0) is 21.1. The maximum Gasteiger partial charge on any atom is 0.328 e. The molecule has 1 unspecified atom stereocenters. The molecule has 2 amide bonds. The SMILES string of the molecule is COC(=O)C(CCCCNC(=O)c1ccccc1)NC(=O)c1ccc(NN)nc1. The van der Waals surface area contributed by atoms with Gasteiger partial charge in [-0.25, -0.2) is 15.6 Å². The van der Waals surface area contributed by atoms with Crippen LogP contribution in [0.5, 0.6) is 0 Å². The van der Waals surface area contributed by atoms with Crippen LogP contribution in [0, 0.1) is 0 Å². The van der Waals surface area contributed by atoms with Crippen LogP contribution >= 0.6 is 0 Å². The second-order valence-corrected chi connectivity index (χ2v) is 6.24. The molecule has 0 aliphatic rings. The predicted octanol–water partition coefficient (Wildman–Crippen LogP) is 1.24. The number of nitrogens with zero attached hydrogens (tertiary/aromatic N) is 1. The molecule has 0 fully saturated rings. The Morgan fingerprint density at radius 3 is 2.41 bits per heavy atom. The first-order valence-electron chi connectivity index (χ1n) is 9.19. The van der Waals surface area contributed by atoms with Crippen molar-refractivity contribution in [3.05, 3.63) is 59.8 Å². The molecule has 2 aromatic rings. The van der Waals surface area contributed by atoms with Crippen LogP contribution in [0.15, 0.2) is 48.7 Å². The number of rotatable bonds is 10. The van der Waals surface area contributed by atoms with Gasteiger partial charge in [-0.3, -0.25) is 9.59 Å². The summed E-state index contributed by atoms with van der Waals surface area (Å²) in [5, 5.41) is 5.48. The molecular weight excluding hydrogens is 374 g/mol. The number of amides is 2. The van der Waals surface area contributed by atoms with Gasteiger partial charge in [-0.15, -0.1) is 0 Å². The molecule has 29 heavy (non-hydrogen) atoms. The number of nitrogen functional groups attached to an aromatic ring is 1. The van der Waals surface area contributed by atoms with E-state index in [-0.39, 0.29) is 5.91 Å². The lowest BCUT2D eigenvalue weighted by Crippen LogP contribution is -2.41. The highest BCUT2D eigenvalue weighted by Crippen LogP contribution is 2.07. The number of hydrogen-bond acceptors (Lipinski definition) is 7. The standard InChI is InChI=1S/C20H25N5O4/c1-29-20(28)16(24-19(27)15-10-11-17(25-21)23-13-15)9-5-6-12-22-18(26)14-7-3-2-4-8-14/h2-4,7-8,10-11,13,16H,5-6,9,12,21H2,1H3,(H,22,26)(H,23,25)(H,24,27). The fraction of sp³-hybridized carbons (Fsp3) is 0.300. The zero-order valence-electron chi connectivity index (χ0n) is 16.2. The van der Waals surface area contributed by atoms with Crippen molar-refractivity contribution in [1.29, 1.82) is 0 Å². The number of unbranched alkanes of at least 4 members (excludes halogenated alkanes) is 1. The smallest absolute Gasteiger partial charge is 0.328 e. The van der Waals surface area contributed by atoms with E-state index < -0.39 is 17.9 Å². The van der Waals surface area contributed by atoms with Crippen molar-refractivity contribution < 1.29 is 19.1 Å². The average Bonchev–Trinajstić information content (AvgIpc) is 2.77. The average molecular weight is 399 g/mol. The Bertz CT molecular complexity index is 811. The highest BCUT2D eigenvalue weighted by molar-refractivity contribution is 5.96. The van der Waals surface area contributed by atoms with Crippen LogP contribution in [-0.4, -0.2) is 42.5 Å². The van der Waals surface area contributed by atoms with E-state index in [0.717, 1.165) is 0 Å². The fourth-order valence-electron chi connectivity index (χ4n) is 2.61. The molecule has 9 nitrogen and oxygen atoms in total. The number of nitrogens with one attached hydrogen (secondary N) is 3. The van der Waals surface area contributed by atoms with Gasteiger partial charge < -0.3 is 20.8 Å². The minimum absolute atomic E-state index is 0.147. The summed E-state index contributed by atoms with van der Waals surface area (Å²) in [6.07, 6.45) is 3.01. The number of hydrazine groups is 1. The van der Waals surface area contributed by atoms with E-state index in [0.29, 0.717) is 42.8 Å². The van der Waals surface area contributed by atoms with Crippen molar-refractivity contribution >= 4 is 23.6 Å². The van der Waals surface area contributed by atoms with Crippen molar-refractivity contribution in [2.24, 2.45) is 5.84 Å². The highest BCUT2D eigenvalue weighted by Gasteiger charge is 2.22. The number of methoxy groups -OCH3 is 1. The van der Waals surface area contributed by atoms with Gasteiger partial charge in [0.1, 0.15) is 11.9 Å². The summed E-state index contributed by atoms with van der Waals surface area (Å²) in [4.78, 5) is 40.3. The third kappa shape index (κ3) is 6.89. The molecule has 2 rings (SSSR count). The fourth-order valence-corrected chi connectivity index (χ4v) is 2.61. The number of aromatic nitrogens is 1. The lowest BCUT2D eigenvalue weighted by atomic mass is 10.1. The molecule has 0 bridgehead atoms. The second kappa shape index (κ2) is 11.4. The van der Waals surface area contributed by atoms with Gasteiger partial charge in [-0.2, -0.15) is 0 Å². The Balaban J connectivity index is 1.80. The van der Waals surface area contributed by atoms with Gasteiger partial charge in [0.25, 0.3) is 11.8 Å².